The molecule has 0 bridgehead atoms. The first kappa shape index (κ1) is 16.1. The number of anilines is 1. The number of benzene rings is 1. The van der Waals surface area contributed by atoms with Gasteiger partial charge in [-0.2, -0.15) is 0 Å². The SMILES string of the molecule is CCc1cccc(CC)c1NC(=O)NCCCn1ccnc1. The number of carbonyl (C=O) groups is 1. The minimum atomic E-state index is -0.138. The Morgan fingerprint density at radius 2 is 1.95 bits per heavy atom. The Morgan fingerprint density at radius 1 is 1.23 bits per heavy atom. The molecule has 0 saturated heterocycles. The number of aromatic nitrogens is 2. The fraction of sp³-hybridized carbons (Fsp3) is 0.412. The maximum atomic E-state index is 12.1. The van der Waals surface area contributed by atoms with Gasteiger partial charge in [0, 0.05) is 31.2 Å². The Hall–Kier alpha value is -2.30. The van der Waals surface area contributed by atoms with Crippen LogP contribution in [0.4, 0.5) is 10.5 Å². The second-order valence-electron chi connectivity index (χ2n) is 5.19. The molecule has 2 N–H and O–H groups in total. The number of imidazole rings is 1. The molecule has 0 saturated carbocycles. The summed E-state index contributed by atoms with van der Waals surface area (Å²) in [4.78, 5) is 16.1. The van der Waals surface area contributed by atoms with Gasteiger partial charge in [-0.3, -0.25) is 0 Å². The smallest absolute Gasteiger partial charge is 0.319 e. The lowest BCUT2D eigenvalue weighted by atomic mass is 10.0. The molecule has 118 valence electrons. The van der Waals surface area contributed by atoms with Crippen molar-refractivity contribution in [1.82, 2.24) is 14.9 Å². The Labute approximate surface area is 131 Å². The minimum Gasteiger partial charge on any atom is -0.338 e. The van der Waals surface area contributed by atoms with Crippen molar-refractivity contribution in [1.29, 1.82) is 0 Å². The topological polar surface area (TPSA) is 59.0 Å². The number of carbonyl (C=O) groups excluding carboxylic acids is 1. The van der Waals surface area contributed by atoms with Gasteiger partial charge in [0.05, 0.1) is 6.33 Å². The molecule has 2 aromatic rings. The van der Waals surface area contributed by atoms with Gasteiger partial charge in [0.1, 0.15) is 0 Å². The van der Waals surface area contributed by atoms with Gasteiger partial charge in [-0.25, -0.2) is 9.78 Å². The zero-order valence-electron chi connectivity index (χ0n) is 13.3. The van der Waals surface area contributed by atoms with Crippen LogP contribution in [0.5, 0.6) is 0 Å². The molecule has 22 heavy (non-hydrogen) atoms. The Kier molecular flexibility index (Phi) is 6.01. The lowest BCUT2D eigenvalue weighted by Crippen LogP contribution is -2.30. The number of hydrogen-bond donors (Lipinski definition) is 2. The summed E-state index contributed by atoms with van der Waals surface area (Å²) in [5.74, 6) is 0. The van der Waals surface area contributed by atoms with E-state index in [0.29, 0.717) is 6.54 Å². The number of nitrogens with zero attached hydrogens (tertiary/aromatic N) is 2. The Bertz CT molecular complexity index is 570. The molecule has 0 atom stereocenters. The molecule has 0 aliphatic carbocycles. The highest BCUT2D eigenvalue weighted by Crippen LogP contribution is 2.22. The van der Waals surface area contributed by atoms with Gasteiger partial charge >= 0.3 is 6.03 Å². The summed E-state index contributed by atoms with van der Waals surface area (Å²) in [6.45, 7) is 5.69. The molecule has 0 aliphatic heterocycles. The molecule has 2 rings (SSSR count). The maximum Gasteiger partial charge on any atom is 0.319 e. The van der Waals surface area contributed by atoms with E-state index in [1.54, 1.807) is 12.5 Å². The average molecular weight is 300 g/mol. The monoisotopic (exact) mass is 300 g/mol. The third-order valence-corrected chi connectivity index (χ3v) is 3.68. The van der Waals surface area contributed by atoms with Gasteiger partial charge in [-0.05, 0) is 30.4 Å². The largest absolute Gasteiger partial charge is 0.338 e. The van der Waals surface area contributed by atoms with Crippen molar-refractivity contribution in [2.75, 3.05) is 11.9 Å². The molecule has 1 aromatic carbocycles. The molecule has 1 heterocycles. The first-order chi connectivity index (χ1) is 10.7. The molecular weight excluding hydrogens is 276 g/mol. The van der Waals surface area contributed by atoms with Gasteiger partial charge < -0.3 is 15.2 Å². The lowest BCUT2D eigenvalue weighted by Gasteiger charge is -2.15. The summed E-state index contributed by atoms with van der Waals surface area (Å²) >= 11 is 0. The highest BCUT2D eigenvalue weighted by Gasteiger charge is 2.09. The number of para-hydroxylation sites is 1. The second-order valence-corrected chi connectivity index (χ2v) is 5.19. The number of hydrogen-bond acceptors (Lipinski definition) is 2. The van der Waals surface area contributed by atoms with Gasteiger partial charge in [0.25, 0.3) is 0 Å². The van der Waals surface area contributed by atoms with E-state index in [2.05, 4.69) is 41.6 Å². The van der Waals surface area contributed by atoms with Gasteiger partial charge in [-0.15, -0.1) is 0 Å². The van der Waals surface area contributed by atoms with Gasteiger partial charge in [0.2, 0.25) is 0 Å². The van der Waals surface area contributed by atoms with E-state index in [1.165, 1.54) is 11.1 Å². The molecule has 0 spiro atoms. The molecular formula is C17H24N4O. The van der Waals surface area contributed by atoms with Crippen LogP contribution in [0.15, 0.2) is 36.9 Å². The second kappa shape index (κ2) is 8.22. The fourth-order valence-electron chi connectivity index (χ4n) is 2.44. The maximum absolute atomic E-state index is 12.1. The molecule has 5 nitrogen and oxygen atoms in total. The normalized spacial score (nSPS) is 10.5. The van der Waals surface area contributed by atoms with Crippen LogP contribution in [-0.2, 0) is 19.4 Å². The predicted molar refractivity (Wildman–Crippen MR) is 89.1 cm³/mol. The Balaban J connectivity index is 1.84. The first-order valence-electron chi connectivity index (χ1n) is 7.86. The summed E-state index contributed by atoms with van der Waals surface area (Å²) in [6.07, 6.45) is 8.15. The first-order valence-corrected chi connectivity index (χ1v) is 7.86. The Morgan fingerprint density at radius 3 is 2.55 bits per heavy atom. The zero-order valence-corrected chi connectivity index (χ0v) is 13.3. The van der Waals surface area contributed by atoms with Crippen LogP contribution in [0.2, 0.25) is 0 Å². The summed E-state index contributed by atoms with van der Waals surface area (Å²) < 4.78 is 2.00. The van der Waals surface area contributed by atoms with Crippen LogP contribution in [0.1, 0.15) is 31.4 Å². The number of nitrogens with one attached hydrogen (secondary N) is 2. The van der Waals surface area contributed by atoms with E-state index in [4.69, 9.17) is 0 Å². The molecule has 5 heteroatoms. The molecule has 2 amide bonds. The lowest BCUT2D eigenvalue weighted by molar-refractivity contribution is 0.251. The standard InChI is InChI=1S/C17H24N4O/c1-3-14-7-5-8-15(4-2)16(14)20-17(22)19-9-6-11-21-12-10-18-13-21/h5,7-8,10,12-13H,3-4,6,9,11H2,1-2H3,(H2,19,20,22). The van der Waals surface area contributed by atoms with Gasteiger partial charge in [0.15, 0.2) is 0 Å². The minimum absolute atomic E-state index is 0.138. The summed E-state index contributed by atoms with van der Waals surface area (Å²) in [5, 5.41) is 5.92. The van der Waals surface area contributed by atoms with E-state index in [0.717, 1.165) is 31.5 Å². The summed E-state index contributed by atoms with van der Waals surface area (Å²) in [7, 11) is 0. The van der Waals surface area contributed by atoms with E-state index >= 15 is 0 Å². The van der Waals surface area contributed by atoms with Crippen molar-refractivity contribution in [2.24, 2.45) is 0 Å². The van der Waals surface area contributed by atoms with Crippen molar-refractivity contribution in [2.45, 2.75) is 39.7 Å². The van der Waals surface area contributed by atoms with Crippen LogP contribution in [-0.4, -0.2) is 22.1 Å². The van der Waals surface area contributed by atoms with Crippen molar-refractivity contribution < 1.29 is 4.79 Å². The van der Waals surface area contributed by atoms with Crippen LogP contribution in [0.3, 0.4) is 0 Å². The number of amides is 2. The highest BCUT2D eigenvalue weighted by molar-refractivity contribution is 5.91. The van der Waals surface area contributed by atoms with Crippen molar-refractivity contribution in [3.8, 4) is 0 Å². The summed E-state index contributed by atoms with van der Waals surface area (Å²) in [5.41, 5.74) is 3.31. The average Bonchev–Trinajstić information content (AvgIpc) is 3.05. The van der Waals surface area contributed by atoms with Crippen LogP contribution >= 0.6 is 0 Å². The quantitative estimate of drug-likeness (QED) is 0.771. The number of urea groups is 1. The molecule has 0 radical (unpaired) electrons. The van der Waals surface area contributed by atoms with Crippen molar-refractivity contribution in [3.63, 3.8) is 0 Å². The fourth-order valence-corrected chi connectivity index (χ4v) is 2.44. The van der Waals surface area contributed by atoms with Gasteiger partial charge in [-0.1, -0.05) is 32.0 Å². The number of rotatable bonds is 7. The number of aryl methyl sites for hydroxylation is 3. The van der Waals surface area contributed by atoms with E-state index in [9.17, 15) is 4.79 Å². The van der Waals surface area contributed by atoms with E-state index in [-0.39, 0.29) is 6.03 Å². The van der Waals surface area contributed by atoms with Crippen LogP contribution < -0.4 is 10.6 Å². The molecule has 1 aromatic heterocycles. The predicted octanol–water partition coefficient (Wildman–Crippen LogP) is 3.22. The van der Waals surface area contributed by atoms with Crippen molar-refractivity contribution >= 4 is 11.7 Å². The third-order valence-electron chi connectivity index (χ3n) is 3.68. The van der Waals surface area contributed by atoms with Crippen molar-refractivity contribution in [3.05, 3.63) is 48.0 Å². The third kappa shape index (κ3) is 4.35. The van der Waals surface area contributed by atoms with Crippen LogP contribution in [0.25, 0.3) is 0 Å². The zero-order chi connectivity index (χ0) is 15.8. The van der Waals surface area contributed by atoms with E-state index < -0.39 is 0 Å². The highest BCUT2D eigenvalue weighted by atomic mass is 16.2. The molecule has 0 aliphatic rings. The van der Waals surface area contributed by atoms with E-state index in [1.807, 2.05) is 16.8 Å². The molecule has 0 fully saturated rings. The van der Waals surface area contributed by atoms with Crippen LogP contribution in [0, 0.1) is 0 Å². The summed E-state index contributed by atoms with van der Waals surface area (Å²) in [6, 6.07) is 6.04. The molecule has 0 unspecified atom stereocenters.